The first-order chi connectivity index (χ1) is 8.50. The summed E-state index contributed by atoms with van der Waals surface area (Å²) in [7, 11) is -1.05. The van der Waals surface area contributed by atoms with E-state index in [2.05, 4.69) is 0 Å². The average Bonchev–Trinajstić information content (AvgIpc) is 2.36. The van der Waals surface area contributed by atoms with Gasteiger partial charge in [-0.15, -0.1) is 0 Å². The molecule has 8 heteroatoms. The van der Waals surface area contributed by atoms with Crippen LogP contribution in [-0.4, -0.2) is 47.5 Å². The molecule has 0 spiro atoms. The third-order valence-corrected chi connectivity index (χ3v) is 3.91. The van der Waals surface area contributed by atoms with Crippen molar-refractivity contribution in [2.45, 2.75) is 32.1 Å². The number of hydroxylamine groups is 2. The maximum Gasteiger partial charge on any atom is 1.00 e. The zero-order valence-electron chi connectivity index (χ0n) is 11.8. The quantitative estimate of drug-likeness (QED) is 0.193. The zero-order chi connectivity index (χ0) is 13.5. The van der Waals surface area contributed by atoms with Crippen molar-refractivity contribution in [1.29, 1.82) is 0 Å². The minimum atomic E-state index is -2.73. The Labute approximate surface area is 137 Å². The largest absolute Gasteiger partial charge is 1.00 e. The first-order valence-corrected chi connectivity index (χ1v) is 7.91. The van der Waals surface area contributed by atoms with Gasteiger partial charge >= 0.3 is 29.6 Å². The summed E-state index contributed by atoms with van der Waals surface area (Å²) in [4.78, 5) is 24.0. The molecule has 1 aliphatic rings. The van der Waals surface area contributed by atoms with Gasteiger partial charge in [-0.2, -0.15) is 0 Å². The van der Waals surface area contributed by atoms with Crippen LogP contribution in [0.15, 0.2) is 0 Å². The van der Waals surface area contributed by atoms with Crippen LogP contribution < -0.4 is 34.5 Å². The molecule has 1 amide bonds. The Hall–Kier alpha value is 0.580. The SMILES string of the molecule is CN(CC[PH](=O)[O-])CN(O)C(=O)C1CCCCC1.[Na+]. The monoisotopic (exact) mass is 300 g/mol. The van der Waals surface area contributed by atoms with Crippen LogP contribution in [-0.2, 0) is 9.36 Å². The van der Waals surface area contributed by atoms with E-state index in [1.165, 1.54) is 0 Å². The number of amides is 1. The minimum absolute atomic E-state index is 0. The number of nitrogens with zero attached hydrogens (tertiary/aromatic N) is 2. The van der Waals surface area contributed by atoms with E-state index in [1.807, 2.05) is 0 Å². The van der Waals surface area contributed by atoms with Crippen molar-refractivity contribution >= 4 is 13.9 Å². The van der Waals surface area contributed by atoms with Crippen molar-refractivity contribution in [3.63, 3.8) is 0 Å². The van der Waals surface area contributed by atoms with Gasteiger partial charge in [0.15, 0.2) is 0 Å². The van der Waals surface area contributed by atoms with E-state index in [9.17, 15) is 19.5 Å². The molecule has 0 saturated heterocycles. The topological polar surface area (TPSA) is 83.9 Å². The molecule has 1 saturated carbocycles. The second-order valence-electron chi connectivity index (χ2n) is 4.92. The Balaban J connectivity index is 0.00000324. The fourth-order valence-electron chi connectivity index (χ4n) is 2.21. The van der Waals surface area contributed by atoms with Gasteiger partial charge in [-0.3, -0.25) is 14.9 Å². The van der Waals surface area contributed by atoms with Crippen molar-refractivity contribution < 1.29 is 49.0 Å². The molecule has 0 aliphatic heterocycles. The van der Waals surface area contributed by atoms with Crippen LogP contribution in [0.4, 0.5) is 0 Å². The van der Waals surface area contributed by atoms with Crippen molar-refractivity contribution in [1.82, 2.24) is 9.96 Å². The van der Waals surface area contributed by atoms with E-state index in [4.69, 9.17) is 0 Å². The second-order valence-corrected chi connectivity index (χ2v) is 6.16. The number of carbonyl (C=O) groups is 1. The first kappa shape index (κ1) is 19.6. The van der Waals surface area contributed by atoms with Gasteiger partial charge in [-0.1, -0.05) is 19.3 Å². The molecule has 0 aromatic carbocycles. The standard InChI is InChI=1S/C11H23N2O4P.Na/c1-12(7-8-18(16)17)9-13(15)11(14)10-5-3-2-4-6-10;/h10,15,18H,2-9H2,1H3,(H,16,17);/q;+1/p-1. The Bertz CT molecular complexity index is 300. The van der Waals surface area contributed by atoms with Crippen LogP contribution in [0.5, 0.6) is 0 Å². The Morgan fingerprint density at radius 3 is 2.47 bits per heavy atom. The molecule has 1 aliphatic carbocycles. The molecule has 0 aromatic heterocycles. The van der Waals surface area contributed by atoms with Gasteiger partial charge in [0.25, 0.3) is 0 Å². The van der Waals surface area contributed by atoms with Gasteiger partial charge in [-0.05, 0) is 26.1 Å². The molecule has 0 radical (unpaired) electrons. The van der Waals surface area contributed by atoms with Gasteiger partial charge in [0.1, 0.15) is 6.67 Å². The van der Waals surface area contributed by atoms with Crippen LogP contribution in [0.2, 0.25) is 0 Å². The van der Waals surface area contributed by atoms with E-state index in [-0.39, 0.29) is 54.2 Å². The fraction of sp³-hybridized carbons (Fsp3) is 0.909. The molecule has 6 nitrogen and oxygen atoms in total. The summed E-state index contributed by atoms with van der Waals surface area (Å²) in [6, 6.07) is 0. The molecule has 1 rings (SSSR count). The summed E-state index contributed by atoms with van der Waals surface area (Å²) in [5.74, 6) is -0.313. The van der Waals surface area contributed by atoms with E-state index >= 15 is 0 Å². The van der Waals surface area contributed by atoms with Gasteiger partial charge in [0.2, 0.25) is 5.91 Å². The maximum absolute atomic E-state index is 11.9. The summed E-state index contributed by atoms with van der Waals surface area (Å²) in [5, 5.41) is 10.4. The Morgan fingerprint density at radius 1 is 1.37 bits per heavy atom. The van der Waals surface area contributed by atoms with Crippen LogP contribution >= 0.6 is 8.03 Å². The van der Waals surface area contributed by atoms with Crippen LogP contribution in [0.25, 0.3) is 0 Å². The third-order valence-electron chi connectivity index (χ3n) is 3.28. The number of hydrogen-bond donors (Lipinski definition) is 1. The third kappa shape index (κ3) is 7.81. The predicted octanol–water partition coefficient (Wildman–Crippen LogP) is -2.49. The molecule has 1 unspecified atom stereocenters. The van der Waals surface area contributed by atoms with E-state index in [0.29, 0.717) is 6.54 Å². The Morgan fingerprint density at radius 2 is 1.95 bits per heavy atom. The van der Waals surface area contributed by atoms with Crippen LogP contribution in [0.1, 0.15) is 32.1 Å². The predicted molar refractivity (Wildman–Crippen MR) is 66.6 cm³/mol. The van der Waals surface area contributed by atoms with Crippen molar-refractivity contribution in [3.05, 3.63) is 0 Å². The normalized spacial score (nSPS) is 17.9. The van der Waals surface area contributed by atoms with Crippen molar-refractivity contribution in [2.75, 3.05) is 26.4 Å². The van der Waals surface area contributed by atoms with E-state index in [0.717, 1.165) is 37.2 Å². The number of carbonyl (C=O) groups excluding carboxylic acids is 1. The molecule has 0 bridgehead atoms. The summed E-state index contributed by atoms with van der Waals surface area (Å²) >= 11 is 0. The molecule has 0 aromatic rings. The Kier molecular flexibility index (Phi) is 10.6. The summed E-state index contributed by atoms with van der Waals surface area (Å²) in [6.07, 6.45) is 5.00. The number of hydrogen-bond acceptors (Lipinski definition) is 5. The van der Waals surface area contributed by atoms with Crippen molar-refractivity contribution in [2.24, 2.45) is 5.92 Å². The molecular weight excluding hydrogens is 278 g/mol. The maximum atomic E-state index is 11.9. The summed E-state index contributed by atoms with van der Waals surface area (Å²) in [5.41, 5.74) is 0. The van der Waals surface area contributed by atoms with E-state index < -0.39 is 8.03 Å². The number of rotatable bonds is 6. The summed E-state index contributed by atoms with van der Waals surface area (Å²) in [6.45, 7) is 0.390. The first-order valence-electron chi connectivity index (χ1n) is 6.39. The smallest absolute Gasteiger partial charge is 0.802 e. The molecule has 106 valence electrons. The van der Waals surface area contributed by atoms with Crippen molar-refractivity contribution in [3.8, 4) is 0 Å². The summed E-state index contributed by atoms with van der Waals surface area (Å²) < 4.78 is 10.5. The van der Waals surface area contributed by atoms with Gasteiger partial charge in [0.05, 0.1) is 0 Å². The fourth-order valence-corrected chi connectivity index (χ4v) is 2.78. The van der Waals surface area contributed by atoms with Gasteiger partial charge in [0, 0.05) is 20.5 Å². The second kappa shape index (κ2) is 10.3. The molecule has 19 heavy (non-hydrogen) atoms. The average molecular weight is 300 g/mol. The van der Waals surface area contributed by atoms with E-state index in [1.54, 1.807) is 11.9 Å². The molecule has 0 heterocycles. The zero-order valence-corrected chi connectivity index (χ0v) is 14.8. The van der Waals surface area contributed by atoms with Crippen LogP contribution in [0.3, 0.4) is 0 Å². The van der Waals surface area contributed by atoms with Crippen LogP contribution in [0, 0.1) is 5.92 Å². The molecule has 1 fully saturated rings. The molecule has 1 atom stereocenters. The van der Waals surface area contributed by atoms with Gasteiger partial charge < -0.3 is 9.46 Å². The molecule has 1 N–H and O–H groups in total. The molecular formula is C11H22N2NaO4P. The minimum Gasteiger partial charge on any atom is -0.802 e. The van der Waals surface area contributed by atoms with Gasteiger partial charge in [-0.25, -0.2) is 5.06 Å².